The second-order valence-electron chi connectivity index (χ2n) is 8.41. The molecule has 2 heterocycles. The summed E-state index contributed by atoms with van der Waals surface area (Å²) in [4.78, 5) is 4.37. The molecule has 1 saturated heterocycles. The average molecular weight is 484 g/mol. The molecule has 2 aromatic carbocycles. The van der Waals surface area contributed by atoms with Crippen LogP contribution in [0.3, 0.4) is 0 Å². The molecular weight excluding hydrogens is 450 g/mol. The van der Waals surface area contributed by atoms with Gasteiger partial charge in [0.15, 0.2) is 0 Å². The molecule has 3 atom stereocenters. The number of aliphatic hydroxyl groups excluding tert-OH is 2. The molecule has 182 valence electrons. The minimum Gasteiger partial charge on any atom is -0.457 e. The van der Waals surface area contributed by atoms with Gasteiger partial charge in [-0.05, 0) is 55.2 Å². The molecule has 2 N–H and O–H groups in total. The highest BCUT2D eigenvalue weighted by Crippen LogP contribution is 2.34. The van der Waals surface area contributed by atoms with Gasteiger partial charge >= 0.3 is 0 Å². The second kappa shape index (κ2) is 12.3. The van der Waals surface area contributed by atoms with Gasteiger partial charge in [-0.2, -0.15) is 0 Å². The van der Waals surface area contributed by atoms with E-state index in [2.05, 4.69) is 4.98 Å². The number of hydrogen-bond acceptors (Lipinski definition) is 5. The van der Waals surface area contributed by atoms with Crippen molar-refractivity contribution in [3.63, 3.8) is 0 Å². The first-order valence-electron chi connectivity index (χ1n) is 11.8. The number of ether oxygens (including phenoxy) is 2. The Morgan fingerprint density at radius 3 is 2.29 bits per heavy atom. The van der Waals surface area contributed by atoms with E-state index in [4.69, 9.17) is 21.1 Å². The quantitative estimate of drug-likeness (QED) is 0.428. The first-order valence-corrected chi connectivity index (χ1v) is 12.2. The predicted molar refractivity (Wildman–Crippen MR) is 136 cm³/mol. The lowest BCUT2D eigenvalue weighted by atomic mass is 9.94. The molecule has 1 aliphatic rings. The maximum absolute atomic E-state index is 10.1. The van der Waals surface area contributed by atoms with E-state index in [0.29, 0.717) is 24.3 Å². The molecule has 3 aromatic rings. The van der Waals surface area contributed by atoms with Crippen LogP contribution in [0.4, 0.5) is 0 Å². The van der Waals surface area contributed by atoms with Crippen molar-refractivity contribution in [2.45, 2.75) is 65.3 Å². The van der Waals surface area contributed by atoms with Crippen LogP contribution in [-0.4, -0.2) is 34.0 Å². The fourth-order valence-corrected chi connectivity index (χ4v) is 4.32. The second-order valence-corrected chi connectivity index (χ2v) is 8.82. The summed E-state index contributed by atoms with van der Waals surface area (Å²) in [7, 11) is 0. The third kappa shape index (κ3) is 7.03. The number of nitrogens with zero attached hydrogens (tertiary/aromatic N) is 1. The molecule has 6 heteroatoms. The van der Waals surface area contributed by atoms with Crippen LogP contribution in [0.1, 0.15) is 60.9 Å². The first-order chi connectivity index (χ1) is 16.4. The zero-order valence-corrected chi connectivity index (χ0v) is 21.0. The number of pyridine rings is 1. The number of aryl methyl sites for hydroxylation is 2. The van der Waals surface area contributed by atoms with Crippen LogP contribution in [0.25, 0.3) is 0 Å². The Balaban J connectivity index is 0.00000158. The van der Waals surface area contributed by atoms with Gasteiger partial charge in [-0.25, -0.2) is 0 Å². The smallest absolute Gasteiger partial charge is 0.131 e. The highest BCUT2D eigenvalue weighted by molar-refractivity contribution is 6.31. The molecule has 0 amide bonds. The molecule has 4 rings (SSSR count). The fraction of sp³-hybridized carbons (Fsp3) is 0.393. The van der Waals surface area contributed by atoms with Gasteiger partial charge in [0, 0.05) is 41.4 Å². The summed E-state index contributed by atoms with van der Waals surface area (Å²) >= 11 is 6.48. The molecule has 1 aromatic heterocycles. The van der Waals surface area contributed by atoms with Gasteiger partial charge in [0.1, 0.15) is 11.5 Å². The van der Waals surface area contributed by atoms with Crippen LogP contribution in [0.5, 0.6) is 11.5 Å². The molecule has 0 spiro atoms. The first kappa shape index (κ1) is 26.2. The monoisotopic (exact) mass is 483 g/mol. The van der Waals surface area contributed by atoms with Gasteiger partial charge in [0.25, 0.3) is 0 Å². The molecule has 1 aliphatic heterocycles. The molecule has 5 nitrogen and oxygen atoms in total. The summed E-state index contributed by atoms with van der Waals surface area (Å²) < 4.78 is 11.9. The van der Waals surface area contributed by atoms with Gasteiger partial charge < -0.3 is 19.7 Å². The largest absolute Gasteiger partial charge is 0.457 e. The topological polar surface area (TPSA) is 71.8 Å². The number of rotatable bonds is 6. The van der Waals surface area contributed by atoms with Gasteiger partial charge in [0.2, 0.25) is 0 Å². The number of aromatic nitrogens is 1. The third-order valence-electron chi connectivity index (χ3n) is 5.63. The van der Waals surface area contributed by atoms with Gasteiger partial charge in [-0.3, -0.25) is 4.98 Å². The summed E-state index contributed by atoms with van der Waals surface area (Å²) in [5.74, 6) is 1.53. The van der Waals surface area contributed by atoms with Crippen LogP contribution in [-0.2, 0) is 11.2 Å². The molecule has 0 radical (unpaired) electrons. The van der Waals surface area contributed by atoms with Crippen molar-refractivity contribution in [3.8, 4) is 11.5 Å². The maximum atomic E-state index is 10.1. The van der Waals surface area contributed by atoms with E-state index in [0.717, 1.165) is 39.6 Å². The number of benzene rings is 2. The van der Waals surface area contributed by atoms with Crippen LogP contribution in [0.2, 0.25) is 5.02 Å². The summed E-state index contributed by atoms with van der Waals surface area (Å²) in [5.41, 5.74) is 4.90. The lowest BCUT2D eigenvalue weighted by molar-refractivity contribution is -0.113. The van der Waals surface area contributed by atoms with E-state index in [1.54, 1.807) is 0 Å². The van der Waals surface area contributed by atoms with Gasteiger partial charge in [-0.15, -0.1) is 0 Å². The Morgan fingerprint density at radius 2 is 1.65 bits per heavy atom. The summed E-state index contributed by atoms with van der Waals surface area (Å²) in [6, 6.07) is 17.6. The Hall–Kier alpha value is -2.44. The molecule has 0 saturated carbocycles. The van der Waals surface area contributed by atoms with E-state index >= 15 is 0 Å². The van der Waals surface area contributed by atoms with Crippen molar-refractivity contribution >= 4 is 11.6 Å². The zero-order chi connectivity index (χ0) is 24.7. The minimum atomic E-state index is -0.481. The van der Waals surface area contributed by atoms with Crippen LogP contribution in [0, 0.1) is 13.8 Å². The number of halogens is 1. The molecular formula is C28H34ClNO4. The molecule has 0 bridgehead atoms. The van der Waals surface area contributed by atoms with Gasteiger partial charge in [-0.1, -0.05) is 49.7 Å². The fourth-order valence-electron chi connectivity index (χ4n) is 4.14. The lowest BCUT2D eigenvalue weighted by Gasteiger charge is -2.32. The van der Waals surface area contributed by atoms with Crippen LogP contribution in [0.15, 0.2) is 54.6 Å². The Bertz CT molecular complexity index is 1050. The number of aliphatic hydroxyl groups is 2. The van der Waals surface area contributed by atoms with Gasteiger partial charge in [0.05, 0.1) is 24.9 Å². The molecule has 0 aliphatic carbocycles. The normalized spacial score (nSPS) is 19.8. The van der Waals surface area contributed by atoms with E-state index < -0.39 is 6.10 Å². The molecule has 34 heavy (non-hydrogen) atoms. The molecule has 1 fully saturated rings. The van der Waals surface area contributed by atoms with Crippen molar-refractivity contribution in [2.75, 3.05) is 6.61 Å². The predicted octanol–water partition coefficient (Wildman–Crippen LogP) is 6.33. The molecule has 0 unspecified atom stereocenters. The SMILES string of the molecule is CC.Cc1cc(Oc2ccc(Cc3cc([C@H]4C[C@@H](O)C[C@@H](CO)O4)ccc3Cl)cc2)cc(C)n1. The van der Waals surface area contributed by atoms with E-state index in [9.17, 15) is 10.2 Å². The average Bonchev–Trinajstić information content (AvgIpc) is 2.82. The highest BCUT2D eigenvalue weighted by Gasteiger charge is 2.29. The van der Waals surface area contributed by atoms with Crippen molar-refractivity contribution in [2.24, 2.45) is 0 Å². The summed E-state index contributed by atoms with van der Waals surface area (Å²) in [6.07, 6.45) is 0.556. The lowest BCUT2D eigenvalue weighted by Crippen LogP contribution is -2.33. The van der Waals surface area contributed by atoms with Crippen LogP contribution < -0.4 is 4.74 Å². The Labute approximate surface area is 207 Å². The number of hydrogen-bond donors (Lipinski definition) is 2. The summed E-state index contributed by atoms with van der Waals surface area (Å²) in [6.45, 7) is 7.80. The van der Waals surface area contributed by atoms with Crippen LogP contribution >= 0.6 is 11.6 Å². The van der Waals surface area contributed by atoms with E-state index in [1.165, 1.54) is 0 Å². The van der Waals surface area contributed by atoms with Crippen molar-refractivity contribution in [1.29, 1.82) is 0 Å². The zero-order valence-electron chi connectivity index (χ0n) is 20.3. The maximum Gasteiger partial charge on any atom is 0.131 e. The van der Waals surface area contributed by atoms with Crippen molar-refractivity contribution < 1.29 is 19.7 Å². The van der Waals surface area contributed by atoms with E-state index in [1.807, 2.05) is 82.3 Å². The standard InChI is InChI=1S/C26H28ClNO4.C2H6/c1-16-9-23(10-17(2)28-16)31-22-6-3-18(4-7-22)11-20-12-19(5-8-25(20)27)26-14-21(30)13-24(15-29)32-26;1-2/h3-10,12,21,24,26,29-30H,11,13-15H2,1-2H3;1-2H3/t21-,24-,26+;/m0./s1. The van der Waals surface area contributed by atoms with Crippen molar-refractivity contribution in [1.82, 2.24) is 4.98 Å². The Morgan fingerprint density at radius 1 is 0.971 bits per heavy atom. The Kier molecular flexibility index (Phi) is 9.48. The van der Waals surface area contributed by atoms with E-state index in [-0.39, 0.29) is 18.8 Å². The highest BCUT2D eigenvalue weighted by atomic mass is 35.5. The third-order valence-corrected chi connectivity index (χ3v) is 6.00. The van der Waals surface area contributed by atoms with Crippen molar-refractivity contribution in [3.05, 3.63) is 87.7 Å². The minimum absolute atomic E-state index is 0.0962. The summed E-state index contributed by atoms with van der Waals surface area (Å²) in [5, 5.41) is 20.3.